The van der Waals surface area contributed by atoms with Gasteiger partial charge in [-0.2, -0.15) is 0 Å². The number of hydrogen-bond donors (Lipinski definition) is 3. The van der Waals surface area contributed by atoms with Crippen LogP contribution in [0.1, 0.15) is 27.2 Å². The van der Waals surface area contributed by atoms with Crippen LogP contribution in [0.5, 0.6) is 0 Å². The molecule has 0 aromatic carbocycles. The molecule has 1 aliphatic heterocycles. The minimum Gasteiger partial charge on any atom is -0.393 e. The first-order valence-corrected chi connectivity index (χ1v) is 5.45. The molecule has 1 saturated heterocycles. The van der Waals surface area contributed by atoms with Gasteiger partial charge in [-0.3, -0.25) is 10.9 Å². The molecule has 0 aliphatic carbocycles. The highest BCUT2D eigenvalue weighted by Crippen LogP contribution is 2.21. The summed E-state index contributed by atoms with van der Waals surface area (Å²) in [4.78, 5) is 0. The lowest BCUT2D eigenvalue weighted by Gasteiger charge is -2.17. The van der Waals surface area contributed by atoms with Gasteiger partial charge in [-0.15, -0.1) is 0 Å². The van der Waals surface area contributed by atoms with Crippen molar-refractivity contribution in [1.82, 2.24) is 10.9 Å². The molecule has 0 bridgehead atoms. The number of hydrogen-bond acceptors (Lipinski definition) is 5. The van der Waals surface area contributed by atoms with Crippen molar-refractivity contribution >= 4 is 0 Å². The molecule has 15 heavy (non-hydrogen) atoms. The molecule has 1 fully saturated rings. The van der Waals surface area contributed by atoms with Crippen LogP contribution in [-0.2, 0) is 9.47 Å². The fourth-order valence-electron chi connectivity index (χ4n) is 1.42. The molecule has 1 rings (SSSR count). The Labute approximate surface area is 91.1 Å². The molecule has 0 amide bonds. The lowest BCUT2D eigenvalue weighted by atomic mass is 10.3. The Morgan fingerprint density at radius 3 is 2.73 bits per heavy atom. The van der Waals surface area contributed by atoms with Crippen LogP contribution in [0.3, 0.4) is 0 Å². The zero-order valence-corrected chi connectivity index (χ0v) is 9.75. The van der Waals surface area contributed by atoms with E-state index in [1.165, 1.54) is 0 Å². The van der Waals surface area contributed by atoms with Gasteiger partial charge in [0.2, 0.25) is 0 Å². The summed E-state index contributed by atoms with van der Waals surface area (Å²) in [6, 6.07) is 0. The summed E-state index contributed by atoms with van der Waals surface area (Å²) < 4.78 is 11.0. The van der Waals surface area contributed by atoms with Crippen molar-refractivity contribution in [2.24, 2.45) is 0 Å². The Bertz CT molecular complexity index is 186. The second kappa shape index (κ2) is 5.77. The van der Waals surface area contributed by atoms with E-state index in [0.717, 1.165) is 13.0 Å². The fourth-order valence-corrected chi connectivity index (χ4v) is 1.42. The molecular formula is C10H22N2O3. The zero-order valence-electron chi connectivity index (χ0n) is 9.75. The van der Waals surface area contributed by atoms with Crippen LogP contribution in [0.2, 0.25) is 0 Å². The molecular weight excluding hydrogens is 196 g/mol. The molecule has 1 aliphatic rings. The van der Waals surface area contributed by atoms with Crippen molar-refractivity contribution in [3.05, 3.63) is 0 Å². The average molecular weight is 218 g/mol. The Balaban J connectivity index is 1.97. The van der Waals surface area contributed by atoms with Gasteiger partial charge in [-0.25, -0.2) is 0 Å². The van der Waals surface area contributed by atoms with Crippen molar-refractivity contribution < 1.29 is 14.6 Å². The predicted octanol–water partition coefficient (Wildman–Crippen LogP) is 0.00300. The number of aliphatic hydroxyl groups is 1. The summed E-state index contributed by atoms with van der Waals surface area (Å²) >= 11 is 0. The van der Waals surface area contributed by atoms with Crippen molar-refractivity contribution in [1.29, 1.82) is 0 Å². The third-order valence-corrected chi connectivity index (χ3v) is 2.21. The molecule has 5 heteroatoms. The topological polar surface area (TPSA) is 62.8 Å². The quantitative estimate of drug-likeness (QED) is 0.433. The van der Waals surface area contributed by atoms with Gasteiger partial charge >= 0.3 is 0 Å². The Kier molecular flexibility index (Phi) is 4.95. The fraction of sp³-hybridized carbons (Fsp3) is 1.00. The lowest BCUT2D eigenvalue weighted by Crippen LogP contribution is -2.40. The Morgan fingerprint density at radius 1 is 1.47 bits per heavy atom. The van der Waals surface area contributed by atoms with Crippen molar-refractivity contribution in [3.63, 3.8) is 0 Å². The van der Waals surface area contributed by atoms with Gasteiger partial charge < -0.3 is 14.6 Å². The van der Waals surface area contributed by atoms with Crippen LogP contribution in [0, 0.1) is 0 Å². The number of aliphatic hydroxyl groups excluding tert-OH is 1. The van der Waals surface area contributed by atoms with E-state index in [4.69, 9.17) is 14.6 Å². The standard InChI is InChI=1S/C10H22N2O3/c1-8(13)4-5-11-12-6-9-7-14-10(2,3)15-9/h8-9,11-13H,4-7H2,1-3H3. The maximum atomic E-state index is 9.02. The smallest absolute Gasteiger partial charge is 0.163 e. The predicted molar refractivity (Wildman–Crippen MR) is 57.2 cm³/mol. The second-order valence-electron chi connectivity index (χ2n) is 4.40. The summed E-state index contributed by atoms with van der Waals surface area (Å²) in [6.45, 7) is 7.68. The normalized spacial score (nSPS) is 26.8. The van der Waals surface area contributed by atoms with Crippen LogP contribution in [0.25, 0.3) is 0 Å². The molecule has 2 atom stereocenters. The van der Waals surface area contributed by atoms with Gasteiger partial charge in [0.1, 0.15) is 0 Å². The summed E-state index contributed by atoms with van der Waals surface area (Å²) in [5, 5.41) is 9.02. The SMILES string of the molecule is CC(O)CCNNCC1COC(C)(C)O1. The highest BCUT2D eigenvalue weighted by Gasteiger charge is 2.32. The molecule has 3 N–H and O–H groups in total. The Morgan fingerprint density at radius 2 is 2.20 bits per heavy atom. The van der Waals surface area contributed by atoms with E-state index in [1.807, 2.05) is 13.8 Å². The van der Waals surface area contributed by atoms with E-state index in [1.54, 1.807) is 6.92 Å². The third kappa shape index (κ3) is 5.44. The molecule has 1 heterocycles. The van der Waals surface area contributed by atoms with Crippen molar-refractivity contribution in [2.45, 2.75) is 45.2 Å². The maximum absolute atomic E-state index is 9.02. The third-order valence-electron chi connectivity index (χ3n) is 2.21. The number of ether oxygens (including phenoxy) is 2. The first-order valence-electron chi connectivity index (χ1n) is 5.45. The van der Waals surface area contributed by atoms with E-state index >= 15 is 0 Å². The minimum absolute atomic E-state index is 0.0963. The van der Waals surface area contributed by atoms with E-state index in [2.05, 4.69) is 10.9 Å². The maximum Gasteiger partial charge on any atom is 0.163 e. The van der Waals surface area contributed by atoms with Crippen LogP contribution in [0.15, 0.2) is 0 Å². The number of hydrazine groups is 1. The van der Waals surface area contributed by atoms with Crippen LogP contribution in [-0.4, -0.2) is 42.8 Å². The molecule has 0 aromatic heterocycles. The first kappa shape index (κ1) is 12.9. The van der Waals surface area contributed by atoms with E-state index in [9.17, 15) is 0 Å². The summed E-state index contributed by atoms with van der Waals surface area (Å²) in [6.07, 6.45) is 0.573. The molecule has 90 valence electrons. The largest absolute Gasteiger partial charge is 0.393 e. The zero-order chi connectivity index (χ0) is 11.3. The average Bonchev–Trinajstić information content (AvgIpc) is 2.44. The summed E-state index contributed by atoms with van der Waals surface area (Å²) in [5.41, 5.74) is 6.08. The highest BCUT2D eigenvalue weighted by atomic mass is 16.7. The Hall–Kier alpha value is -0.200. The van der Waals surface area contributed by atoms with Crippen molar-refractivity contribution in [2.75, 3.05) is 19.7 Å². The van der Waals surface area contributed by atoms with E-state index in [0.29, 0.717) is 13.2 Å². The monoisotopic (exact) mass is 218 g/mol. The highest BCUT2D eigenvalue weighted by molar-refractivity contribution is 4.71. The number of rotatable bonds is 6. The molecule has 5 nitrogen and oxygen atoms in total. The summed E-state index contributed by atoms with van der Waals surface area (Å²) in [7, 11) is 0. The van der Waals surface area contributed by atoms with Crippen LogP contribution >= 0.6 is 0 Å². The van der Waals surface area contributed by atoms with Gasteiger partial charge in [0.05, 0.1) is 18.8 Å². The van der Waals surface area contributed by atoms with Crippen LogP contribution in [0.4, 0.5) is 0 Å². The second-order valence-corrected chi connectivity index (χ2v) is 4.40. The molecule has 0 spiro atoms. The van der Waals surface area contributed by atoms with Gasteiger partial charge in [-0.1, -0.05) is 0 Å². The van der Waals surface area contributed by atoms with Gasteiger partial charge in [0, 0.05) is 13.1 Å². The van der Waals surface area contributed by atoms with E-state index in [-0.39, 0.29) is 12.2 Å². The molecule has 0 aromatic rings. The first-order chi connectivity index (χ1) is 6.99. The molecule has 0 saturated carbocycles. The summed E-state index contributed by atoms with van der Waals surface area (Å²) in [5.74, 6) is -0.452. The van der Waals surface area contributed by atoms with Crippen molar-refractivity contribution in [3.8, 4) is 0 Å². The lowest BCUT2D eigenvalue weighted by molar-refractivity contribution is -0.137. The van der Waals surface area contributed by atoms with Gasteiger partial charge in [-0.05, 0) is 27.2 Å². The molecule has 2 unspecified atom stereocenters. The van der Waals surface area contributed by atoms with Gasteiger partial charge in [0.15, 0.2) is 5.79 Å². The van der Waals surface area contributed by atoms with Crippen LogP contribution < -0.4 is 10.9 Å². The number of nitrogens with one attached hydrogen (secondary N) is 2. The van der Waals surface area contributed by atoms with Gasteiger partial charge in [0.25, 0.3) is 0 Å². The molecule has 0 radical (unpaired) electrons. The minimum atomic E-state index is -0.452. The van der Waals surface area contributed by atoms with E-state index < -0.39 is 5.79 Å².